The third kappa shape index (κ3) is 16.9. The van der Waals surface area contributed by atoms with E-state index >= 15 is 0 Å². The fraction of sp³-hybridized carbons (Fsp3) is 1.00. The second-order valence-corrected chi connectivity index (χ2v) is 9.43. The maximum atomic E-state index is 2.38. The van der Waals surface area contributed by atoms with Crippen molar-refractivity contribution < 1.29 is 4.48 Å². The maximum Gasteiger partial charge on any atom is 0.0786 e. The molecule has 0 amide bonds. The molecule has 0 aromatic carbocycles. The first kappa shape index (κ1) is 28.0. The van der Waals surface area contributed by atoms with E-state index in [2.05, 4.69) is 27.7 Å². The molecule has 0 saturated heterocycles. The largest absolute Gasteiger partial charge is 0.324 e. The van der Waals surface area contributed by atoms with Crippen molar-refractivity contribution >= 4 is 0 Å². The van der Waals surface area contributed by atoms with Gasteiger partial charge in [-0.05, 0) is 33.1 Å². The Morgan fingerprint density at radius 1 is 0.321 bits per heavy atom. The van der Waals surface area contributed by atoms with Crippen LogP contribution in [-0.2, 0) is 0 Å². The number of rotatable bonds is 23. The Morgan fingerprint density at radius 3 is 0.929 bits per heavy atom. The molecule has 0 N–H and O–H groups in total. The molecule has 1 nitrogen and oxygen atoms in total. The van der Waals surface area contributed by atoms with Crippen molar-refractivity contribution in [2.24, 2.45) is 0 Å². The summed E-state index contributed by atoms with van der Waals surface area (Å²) in [6.45, 7) is 14.9. The van der Waals surface area contributed by atoms with Crippen LogP contribution in [0, 0.1) is 0 Å². The number of quaternary nitrogens is 1. The first-order chi connectivity index (χ1) is 13.7. The van der Waals surface area contributed by atoms with Crippen LogP contribution in [0.5, 0.6) is 0 Å². The van der Waals surface area contributed by atoms with E-state index in [4.69, 9.17) is 0 Å². The maximum absolute atomic E-state index is 2.38. The SMILES string of the molecule is CCCCCCCCCCCCCCCCCCCC[N+](CC)(CC)CCC. The summed E-state index contributed by atoms with van der Waals surface area (Å²) in [4.78, 5) is 0. The van der Waals surface area contributed by atoms with E-state index in [1.54, 1.807) is 0 Å². The zero-order valence-corrected chi connectivity index (χ0v) is 20.7. The average molecular weight is 397 g/mol. The van der Waals surface area contributed by atoms with Crippen molar-refractivity contribution in [1.29, 1.82) is 0 Å². The number of unbranched alkanes of at least 4 members (excludes halogenated alkanes) is 17. The van der Waals surface area contributed by atoms with Gasteiger partial charge in [0.2, 0.25) is 0 Å². The van der Waals surface area contributed by atoms with Crippen molar-refractivity contribution in [3.63, 3.8) is 0 Å². The summed E-state index contributed by atoms with van der Waals surface area (Å²) < 4.78 is 1.36. The summed E-state index contributed by atoms with van der Waals surface area (Å²) in [6.07, 6.45) is 27.8. The molecule has 0 radical (unpaired) electrons. The Morgan fingerprint density at radius 2 is 0.643 bits per heavy atom. The van der Waals surface area contributed by atoms with E-state index in [-0.39, 0.29) is 0 Å². The van der Waals surface area contributed by atoms with Gasteiger partial charge in [0, 0.05) is 0 Å². The van der Waals surface area contributed by atoms with Gasteiger partial charge in [0.05, 0.1) is 26.2 Å². The van der Waals surface area contributed by atoms with Gasteiger partial charge in [-0.3, -0.25) is 0 Å². The van der Waals surface area contributed by atoms with Crippen molar-refractivity contribution in [2.75, 3.05) is 26.2 Å². The van der Waals surface area contributed by atoms with E-state index in [0.29, 0.717) is 0 Å². The second-order valence-electron chi connectivity index (χ2n) is 9.43. The normalized spacial score (nSPS) is 12.0. The molecule has 0 aromatic rings. The van der Waals surface area contributed by atoms with Crippen LogP contribution < -0.4 is 0 Å². The molecule has 0 fully saturated rings. The first-order valence-corrected chi connectivity index (χ1v) is 13.6. The predicted octanol–water partition coefficient (Wildman–Crippen LogP) is 9.29. The first-order valence-electron chi connectivity index (χ1n) is 13.6. The molecule has 0 aliphatic heterocycles. The fourth-order valence-corrected chi connectivity index (χ4v) is 4.79. The van der Waals surface area contributed by atoms with Gasteiger partial charge in [-0.25, -0.2) is 0 Å². The van der Waals surface area contributed by atoms with Crippen LogP contribution in [0.3, 0.4) is 0 Å². The van der Waals surface area contributed by atoms with Gasteiger partial charge in [-0.15, -0.1) is 0 Å². The molecule has 1 heteroatoms. The van der Waals surface area contributed by atoms with E-state index in [9.17, 15) is 0 Å². The van der Waals surface area contributed by atoms with Gasteiger partial charge in [0.15, 0.2) is 0 Å². The number of nitrogens with zero attached hydrogens (tertiary/aromatic N) is 1. The molecule has 0 rings (SSSR count). The molecular weight excluding hydrogens is 338 g/mol. The minimum atomic E-state index is 1.32. The van der Waals surface area contributed by atoms with Gasteiger partial charge in [0.25, 0.3) is 0 Å². The van der Waals surface area contributed by atoms with Gasteiger partial charge >= 0.3 is 0 Å². The molecule has 0 aliphatic rings. The summed E-state index contributed by atoms with van der Waals surface area (Å²) in [5.74, 6) is 0. The van der Waals surface area contributed by atoms with E-state index in [1.165, 1.54) is 153 Å². The monoisotopic (exact) mass is 396 g/mol. The lowest BCUT2D eigenvalue weighted by molar-refractivity contribution is -0.925. The quantitative estimate of drug-likeness (QED) is 0.119. The lowest BCUT2D eigenvalue weighted by atomic mass is 10.0. The summed E-state index contributed by atoms with van der Waals surface area (Å²) in [5.41, 5.74) is 0. The van der Waals surface area contributed by atoms with Crippen molar-refractivity contribution in [1.82, 2.24) is 0 Å². The molecule has 28 heavy (non-hydrogen) atoms. The smallest absolute Gasteiger partial charge is 0.0786 e. The third-order valence-corrected chi connectivity index (χ3v) is 7.03. The second kappa shape index (κ2) is 21.7. The fourth-order valence-electron chi connectivity index (χ4n) is 4.79. The Kier molecular flexibility index (Phi) is 21.6. The Labute approximate surface area is 180 Å². The lowest BCUT2D eigenvalue weighted by Crippen LogP contribution is -2.48. The van der Waals surface area contributed by atoms with Gasteiger partial charge in [0.1, 0.15) is 0 Å². The van der Waals surface area contributed by atoms with Gasteiger partial charge < -0.3 is 4.48 Å². The van der Waals surface area contributed by atoms with E-state index in [1.807, 2.05) is 0 Å². The van der Waals surface area contributed by atoms with Crippen LogP contribution in [0.2, 0.25) is 0 Å². The van der Waals surface area contributed by atoms with Gasteiger partial charge in [-0.1, -0.05) is 117 Å². The third-order valence-electron chi connectivity index (χ3n) is 7.03. The molecular formula is C27H58N+. The molecule has 0 atom stereocenters. The standard InChI is InChI=1S/C27H58N/c1-5-9-10-11-12-13-14-15-16-17-18-19-20-21-22-23-24-25-27-28(7-3,8-4)26-6-2/h5-27H2,1-4H3/q+1. The van der Waals surface area contributed by atoms with E-state index in [0.717, 1.165) is 0 Å². The molecule has 0 saturated carbocycles. The zero-order chi connectivity index (χ0) is 20.8. The highest BCUT2D eigenvalue weighted by Crippen LogP contribution is 2.15. The minimum absolute atomic E-state index is 1.32. The number of hydrogen-bond acceptors (Lipinski definition) is 0. The predicted molar refractivity (Wildman–Crippen MR) is 130 cm³/mol. The highest BCUT2D eigenvalue weighted by molar-refractivity contribution is 4.51. The van der Waals surface area contributed by atoms with Crippen LogP contribution in [0.4, 0.5) is 0 Å². The molecule has 0 heterocycles. The summed E-state index contributed by atoms with van der Waals surface area (Å²) >= 11 is 0. The van der Waals surface area contributed by atoms with Gasteiger partial charge in [-0.2, -0.15) is 0 Å². The van der Waals surface area contributed by atoms with Crippen LogP contribution in [0.15, 0.2) is 0 Å². The highest BCUT2D eigenvalue weighted by atomic mass is 15.3. The van der Waals surface area contributed by atoms with E-state index < -0.39 is 0 Å². The molecule has 0 aromatic heterocycles. The summed E-state index contributed by atoms with van der Waals surface area (Å²) in [5, 5.41) is 0. The van der Waals surface area contributed by atoms with Crippen LogP contribution in [0.25, 0.3) is 0 Å². The number of hydrogen-bond donors (Lipinski definition) is 0. The Bertz CT molecular complexity index is 282. The summed E-state index contributed by atoms with van der Waals surface area (Å²) in [7, 11) is 0. The molecule has 170 valence electrons. The van der Waals surface area contributed by atoms with Crippen molar-refractivity contribution in [3.05, 3.63) is 0 Å². The average Bonchev–Trinajstić information content (AvgIpc) is 2.72. The Hall–Kier alpha value is -0.0400. The summed E-state index contributed by atoms with van der Waals surface area (Å²) in [6, 6.07) is 0. The Balaban J connectivity index is 3.25. The minimum Gasteiger partial charge on any atom is -0.324 e. The molecule has 0 bridgehead atoms. The molecule has 0 aliphatic carbocycles. The van der Waals surface area contributed by atoms with Crippen molar-refractivity contribution in [2.45, 2.75) is 150 Å². The highest BCUT2D eigenvalue weighted by Gasteiger charge is 2.20. The van der Waals surface area contributed by atoms with Crippen molar-refractivity contribution in [3.8, 4) is 0 Å². The molecule has 0 spiro atoms. The lowest BCUT2D eigenvalue weighted by Gasteiger charge is -2.36. The van der Waals surface area contributed by atoms with Crippen LogP contribution in [0.1, 0.15) is 150 Å². The van der Waals surface area contributed by atoms with Crippen LogP contribution in [-0.4, -0.2) is 30.7 Å². The molecule has 0 unspecified atom stereocenters. The van der Waals surface area contributed by atoms with Crippen LogP contribution >= 0.6 is 0 Å². The zero-order valence-electron chi connectivity index (χ0n) is 20.7. The topological polar surface area (TPSA) is 0 Å².